The Balaban J connectivity index is 2.18. The summed E-state index contributed by atoms with van der Waals surface area (Å²) in [6, 6.07) is 6.51. The first-order chi connectivity index (χ1) is 7.28. The molecule has 0 saturated heterocycles. The van der Waals surface area contributed by atoms with E-state index in [0.717, 1.165) is 11.1 Å². The maximum absolute atomic E-state index is 12.9. The van der Waals surface area contributed by atoms with Gasteiger partial charge < -0.3 is 0 Å². The van der Waals surface area contributed by atoms with Crippen molar-refractivity contribution in [3.63, 3.8) is 0 Å². The van der Waals surface area contributed by atoms with Crippen LogP contribution in [0.1, 0.15) is 11.1 Å². The highest BCUT2D eigenvalue weighted by atomic mass is 19.1. The molecular formula is C12H11FN2. The largest absolute Gasteiger partial charge is 0.268 e. The number of hydrogen-bond acceptors (Lipinski definition) is 1. The molecule has 0 N–H and O–H groups in total. The van der Waals surface area contributed by atoms with E-state index in [1.54, 1.807) is 23.0 Å². The van der Waals surface area contributed by atoms with Gasteiger partial charge in [-0.15, -0.1) is 0 Å². The van der Waals surface area contributed by atoms with Gasteiger partial charge in [-0.2, -0.15) is 5.10 Å². The second-order valence-electron chi connectivity index (χ2n) is 3.31. The third-order valence-electron chi connectivity index (χ3n) is 2.12. The van der Waals surface area contributed by atoms with Crippen molar-refractivity contribution in [2.45, 2.75) is 6.54 Å². The van der Waals surface area contributed by atoms with Crippen molar-refractivity contribution < 1.29 is 4.39 Å². The number of benzene rings is 1. The first-order valence-corrected chi connectivity index (χ1v) is 4.67. The Hall–Kier alpha value is -1.90. The van der Waals surface area contributed by atoms with E-state index >= 15 is 0 Å². The predicted octanol–water partition coefficient (Wildman–Crippen LogP) is 2.71. The summed E-state index contributed by atoms with van der Waals surface area (Å²) < 4.78 is 14.7. The van der Waals surface area contributed by atoms with Crippen molar-refractivity contribution in [2.24, 2.45) is 0 Å². The van der Waals surface area contributed by atoms with E-state index in [2.05, 4.69) is 11.7 Å². The molecule has 0 bridgehead atoms. The maximum atomic E-state index is 12.9. The van der Waals surface area contributed by atoms with Crippen LogP contribution in [0.5, 0.6) is 0 Å². The second-order valence-corrected chi connectivity index (χ2v) is 3.31. The van der Waals surface area contributed by atoms with Crippen LogP contribution < -0.4 is 0 Å². The SMILES string of the molecule is C=Cc1cnn(Cc2cccc(F)c2)c1. The van der Waals surface area contributed by atoms with Crippen LogP contribution in [0.25, 0.3) is 6.08 Å². The van der Waals surface area contributed by atoms with E-state index in [9.17, 15) is 4.39 Å². The molecular weight excluding hydrogens is 191 g/mol. The minimum absolute atomic E-state index is 0.219. The summed E-state index contributed by atoms with van der Waals surface area (Å²) in [4.78, 5) is 0. The van der Waals surface area contributed by atoms with Crippen LogP contribution in [-0.2, 0) is 6.54 Å². The van der Waals surface area contributed by atoms with Crippen LogP contribution in [0.15, 0.2) is 43.2 Å². The fourth-order valence-electron chi connectivity index (χ4n) is 1.39. The van der Waals surface area contributed by atoms with Crippen molar-refractivity contribution in [2.75, 3.05) is 0 Å². The number of halogens is 1. The van der Waals surface area contributed by atoms with E-state index in [1.165, 1.54) is 12.1 Å². The van der Waals surface area contributed by atoms with Crippen LogP contribution in [0.3, 0.4) is 0 Å². The molecule has 2 aromatic rings. The first kappa shape index (κ1) is 9.65. The molecule has 0 aliphatic heterocycles. The smallest absolute Gasteiger partial charge is 0.123 e. The third kappa shape index (κ3) is 2.31. The summed E-state index contributed by atoms with van der Waals surface area (Å²) in [5, 5.41) is 4.13. The molecule has 0 radical (unpaired) electrons. The predicted molar refractivity (Wildman–Crippen MR) is 57.8 cm³/mol. The first-order valence-electron chi connectivity index (χ1n) is 4.67. The monoisotopic (exact) mass is 202 g/mol. The van der Waals surface area contributed by atoms with E-state index in [-0.39, 0.29) is 5.82 Å². The number of nitrogens with zero attached hydrogens (tertiary/aromatic N) is 2. The molecule has 0 aliphatic rings. The zero-order valence-electron chi connectivity index (χ0n) is 8.23. The molecule has 2 rings (SSSR count). The summed E-state index contributed by atoms with van der Waals surface area (Å²) in [5.41, 5.74) is 1.86. The fraction of sp³-hybridized carbons (Fsp3) is 0.0833. The molecule has 0 atom stereocenters. The van der Waals surface area contributed by atoms with E-state index in [0.29, 0.717) is 6.54 Å². The van der Waals surface area contributed by atoms with E-state index < -0.39 is 0 Å². The fourth-order valence-corrected chi connectivity index (χ4v) is 1.39. The van der Waals surface area contributed by atoms with Crippen LogP contribution in [-0.4, -0.2) is 9.78 Å². The summed E-state index contributed by atoms with van der Waals surface area (Å²) >= 11 is 0. The molecule has 76 valence electrons. The van der Waals surface area contributed by atoms with Crippen molar-refractivity contribution in [1.29, 1.82) is 0 Å². The van der Waals surface area contributed by atoms with Crippen molar-refractivity contribution in [1.82, 2.24) is 9.78 Å². The van der Waals surface area contributed by atoms with E-state index in [1.807, 2.05) is 12.3 Å². The Kier molecular flexibility index (Phi) is 2.63. The van der Waals surface area contributed by atoms with Gasteiger partial charge in [0.15, 0.2) is 0 Å². The van der Waals surface area contributed by atoms with Gasteiger partial charge in [0.2, 0.25) is 0 Å². The lowest BCUT2D eigenvalue weighted by Gasteiger charge is -2.01. The standard InChI is InChI=1S/C12H11FN2/c1-2-10-7-14-15(8-10)9-11-4-3-5-12(13)6-11/h2-8H,1,9H2. The Bertz CT molecular complexity index is 474. The zero-order valence-corrected chi connectivity index (χ0v) is 8.23. The number of aromatic nitrogens is 2. The molecule has 0 unspecified atom stereocenters. The van der Waals surface area contributed by atoms with Gasteiger partial charge in [-0.1, -0.05) is 24.8 Å². The van der Waals surface area contributed by atoms with Gasteiger partial charge in [0.1, 0.15) is 5.82 Å². The Morgan fingerprint density at radius 3 is 3.00 bits per heavy atom. The molecule has 0 fully saturated rings. The second kappa shape index (κ2) is 4.09. The maximum Gasteiger partial charge on any atom is 0.123 e. The highest BCUT2D eigenvalue weighted by molar-refractivity contribution is 5.43. The molecule has 0 saturated carbocycles. The summed E-state index contributed by atoms with van der Waals surface area (Å²) in [5.74, 6) is -0.219. The normalized spacial score (nSPS) is 10.2. The van der Waals surface area contributed by atoms with Crippen LogP contribution in [0, 0.1) is 5.82 Å². The third-order valence-corrected chi connectivity index (χ3v) is 2.12. The minimum Gasteiger partial charge on any atom is -0.268 e. The highest BCUT2D eigenvalue weighted by Gasteiger charge is 1.98. The van der Waals surface area contributed by atoms with Gasteiger partial charge in [0, 0.05) is 11.8 Å². The molecule has 0 amide bonds. The average Bonchev–Trinajstić information content (AvgIpc) is 2.65. The van der Waals surface area contributed by atoms with Gasteiger partial charge in [0.05, 0.1) is 12.7 Å². The molecule has 2 nitrogen and oxygen atoms in total. The Labute approximate surface area is 87.7 Å². The van der Waals surface area contributed by atoms with Crippen molar-refractivity contribution in [3.05, 3.63) is 60.2 Å². The zero-order chi connectivity index (χ0) is 10.7. The molecule has 15 heavy (non-hydrogen) atoms. The highest BCUT2D eigenvalue weighted by Crippen LogP contribution is 2.06. The number of hydrogen-bond donors (Lipinski definition) is 0. The van der Waals surface area contributed by atoms with E-state index in [4.69, 9.17) is 0 Å². The van der Waals surface area contributed by atoms with Gasteiger partial charge in [-0.3, -0.25) is 4.68 Å². The minimum atomic E-state index is -0.219. The number of rotatable bonds is 3. The van der Waals surface area contributed by atoms with Gasteiger partial charge in [-0.25, -0.2) is 4.39 Å². The van der Waals surface area contributed by atoms with Crippen molar-refractivity contribution >= 4 is 6.08 Å². The topological polar surface area (TPSA) is 17.8 Å². The van der Waals surface area contributed by atoms with Crippen LogP contribution in [0.2, 0.25) is 0 Å². The lowest BCUT2D eigenvalue weighted by molar-refractivity contribution is 0.619. The van der Waals surface area contributed by atoms with Gasteiger partial charge in [-0.05, 0) is 17.7 Å². The summed E-state index contributed by atoms with van der Waals surface area (Å²) in [6.07, 6.45) is 5.33. The van der Waals surface area contributed by atoms with Gasteiger partial charge in [0.25, 0.3) is 0 Å². The Morgan fingerprint density at radius 2 is 2.33 bits per heavy atom. The lowest BCUT2D eigenvalue weighted by Crippen LogP contribution is -1.99. The van der Waals surface area contributed by atoms with Crippen LogP contribution >= 0.6 is 0 Å². The molecule has 1 heterocycles. The lowest BCUT2D eigenvalue weighted by atomic mass is 10.2. The molecule has 1 aromatic heterocycles. The molecule has 0 spiro atoms. The van der Waals surface area contributed by atoms with Crippen LogP contribution in [0.4, 0.5) is 4.39 Å². The summed E-state index contributed by atoms with van der Waals surface area (Å²) in [6.45, 7) is 4.23. The molecule has 1 aromatic carbocycles. The van der Waals surface area contributed by atoms with Gasteiger partial charge >= 0.3 is 0 Å². The Morgan fingerprint density at radius 1 is 1.47 bits per heavy atom. The summed E-state index contributed by atoms with van der Waals surface area (Å²) in [7, 11) is 0. The van der Waals surface area contributed by atoms with Crippen molar-refractivity contribution in [3.8, 4) is 0 Å². The molecule has 3 heteroatoms. The molecule has 0 aliphatic carbocycles. The average molecular weight is 202 g/mol. The quantitative estimate of drug-likeness (QED) is 0.748.